The Balaban J connectivity index is 1.59. The summed E-state index contributed by atoms with van der Waals surface area (Å²) in [5.41, 5.74) is 8.81. The number of aromatic nitrogens is 1. The minimum atomic E-state index is 0.771. The van der Waals surface area contributed by atoms with Gasteiger partial charge in [0.25, 0.3) is 0 Å². The standard InChI is InChI=1S/C15H21N3O/c16-5-8-18-6-3-12(4-7-18)9-13-1-2-14-15(10-13)19-11-17-14/h1-2,10-12H,3-9,16H2. The summed E-state index contributed by atoms with van der Waals surface area (Å²) in [6.07, 6.45) is 5.20. The molecule has 0 aliphatic carbocycles. The molecule has 3 rings (SSSR count). The minimum absolute atomic E-state index is 0.771. The molecule has 0 atom stereocenters. The Kier molecular flexibility index (Phi) is 3.80. The Morgan fingerprint density at radius 2 is 2.16 bits per heavy atom. The van der Waals surface area contributed by atoms with Crippen molar-refractivity contribution in [2.75, 3.05) is 26.2 Å². The number of nitrogens with zero attached hydrogens (tertiary/aromatic N) is 2. The molecule has 0 unspecified atom stereocenters. The van der Waals surface area contributed by atoms with E-state index in [1.165, 1.54) is 37.9 Å². The molecule has 2 aromatic rings. The maximum absolute atomic E-state index is 5.60. The predicted molar refractivity (Wildman–Crippen MR) is 75.9 cm³/mol. The van der Waals surface area contributed by atoms with E-state index < -0.39 is 0 Å². The molecule has 1 aromatic carbocycles. The lowest BCUT2D eigenvalue weighted by molar-refractivity contribution is 0.188. The van der Waals surface area contributed by atoms with Crippen molar-refractivity contribution in [2.24, 2.45) is 11.7 Å². The lowest BCUT2D eigenvalue weighted by Crippen LogP contribution is -2.37. The average molecular weight is 259 g/mol. The smallest absolute Gasteiger partial charge is 0.181 e. The minimum Gasteiger partial charge on any atom is -0.443 e. The Bertz CT molecular complexity index is 529. The largest absolute Gasteiger partial charge is 0.443 e. The molecule has 1 aromatic heterocycles. The number of hydrogen-bond acceptors (Lipinski definition) is 4. The molecule has 19 heavy (non-hydrogen) atoms. The van der Waals surface area contributed by atoms with Gasteiger partial charge in [-0.25, -0.2) is 4.98 Å². The van der Waals surface area contributed by atoms with E-state index in [0.29, 0.717) is 0 Å². The normalized spacial score (nSPS) is 18.2. The Labute approximate surface area is 113 Å². The van der Waals surface area contributed by atoms with Gasteiger partial charge < -0.3 is 15.1 Å². The fourth-order valence-corrected chi connectivity index (χ4v) is 2.96. The number of piperidine rings is 1. The van der Waals surface area contributed by atoms with Crippen molar-refractivity contribution < 1.29 is 4.42 Å². The molecule has 102 valence electrons. The van der Waals surface area contributed by atoms with Crippen LogP contribution in [0.15, 0.2) is 29.0 Å². The number of benzene rings is 1. The maximum Gasteiger partial charge on any atom is 0.181 e. The van der Waals surface area contributed by atoms with Gasteiger partial charge in [0.15, 0.2) is 12.0 Å². The van der Waals surface area contributed by atoms with Gasteiger partial charge in [-0.3, -0.25) is 0 Å². The number of hydrogen-bond donors (Lipinski definition) is 1. The first-order valence-corrected chi connectivity index (χ1v) is 7.09. The summed E-state index contributed by atoms with van der Waals surface area (Å²) < 4.78 is 5.36. The third kappa shape index (κ3) is 2.96. The van der Waals surface area contributed by atoms with E-state index in [4.69, 9.17) is 10.2 Å². The van der Waals surface area contributed by atoms with Crippen molar-refractivity contribution in [2.45, 2.75) is 19.3 Å². The molecule has 0 amide bonds. The number of nitrogens with two attached hydrogens (primary N) is 1. The van der Waals surface area contributed by atoms with Gasteiger partial charge >= 0.3 is 0 Å². The van der Waals surface area contributed by atoms with Crippen LogP contribution < -0.4 is 5.73 Å². The van der Waals surface area contributed by atoms with Crippen molar-refractivity contribution in [1.82, 2.24) is 9.88 Å². The zero-order valence-electron chi connectivity index (χ0n) is 11.2. The maximum atomic E-state index is 5.60. The summed E-state index contributed by atoms with van der Waals surface area (Å²) in [4.78, 5) is 6.62. The number of likely N-dealkylation sites (tertiary alicyclic amines) is 1. The van der Waals surface area contributed by atoms with Crippen LogP contribution in [0.5, 0.6) is 0 Å². The van der Waals surface area contributed by atoms with E-state index in [1.807, 2.05) is 0 Å². The van der Waals surface area contributed by atoms with Crippen LogP contribution in [0.2, 0.25) is 0 Å². The van der Waals surface area contributed by atoms with E-state index in [-0.39, 0.29) is 0 Å². The zero-order chi connectivity index (χ0) is 13.1. The van der Waals surface area contributed by atoms with Crippen LogP contribution in [0.4, 0.5) is 0 Å². The molecule has 1 aliphatic rings. The third-order valence-electron chi connectivity index (χ3n) is 4.07. The summed E-state index contributed by atoms with van der Waals surface area (Å²) in [6, 6.07) is 6.36. The number of rotatable bonds is 4. The highest BCUT2D eigenvalue weighted by Gasteiger charge is 2.19. The second-order valence-corrected chi connectivity index (χ2v) is 5.43. The fraction of sp³-hybridized carbons (Fsp3) is 0.533. The van der Waals surface area contributed by atoms with Crippen LogP contribution in [0.3, 0.4) is 0 Å². The van der Waals surface area contributed by atoms with Gasteiger partial charge in [0.1, 0.15) is 5.52 Å². The first-order chi connectivity index (χ1) is 9.35. The zero-order valence-corrected chi connectivity index (χ0v) is 11.2. The van der Waals surface area contributed by atoms with E-state index in [1.54, 1.807) is 0 Å². The van der Waals surface area contributed by atoms with Crippen LogP contribution in [0.1, 0.15) is 18.4 Å². The molecule has 0 spiro atoms. The first kappa shape index (κ1) is 12.6. The summed E-state index contributed by atoms with van der Waals surface area (Å²) in [5, 5.41) is 0. The summed E-state index contributed by atoms with van der Waals surface area (Å²) >= 11 is 0. The molecule has 1 saturated heterocycles. The highest BCUT2D eigenvalue weighted by Crippen LogP contribution is 2.23. The molecule has 0 saturated carbocycles. The average Bonchev–Trinajstić information content (AvgIpc) is 2.89. The van der Waals surface area contributed by atoms with E-state index in [9.17, 15) is 0 Å². The fourth-order valence-electron chi connectivity index (χ4n) is 2.96. The number of fused-ring (bicyclic) bond motifs is 1. The highest BCUT2D eigenvalue weighted by molar-refractivity contribution is 5.72. The molecule has 1 fully saturated rings. The van der Waals surface area contributed by atoms with Crippen LogP contribution in [-0.2, 0) is 6.42 Å². The van der Waals surface area contributed by atoms with Crippen LogP contribution in [-0.4, -0.2) is 36.1 Å². The quantitative estimate of drug-likeness (QED) is 0.913. The molecule has 4 nitrogen and oxygen atoms in total. The van der Waals surface area contributed by atoms with Gasteiger partial charge in [-0.1, -0.05) is 6.07 Å². The molecule has 2 heterocycles. The predicted octanol–water partition coefficient (Wildman–Crippen LogP) is 2.04. The van der Waals surface area contributed by atoms with Gasteiger partial charge in [0, 0.05) is 13.1 Å². The topological polar surface area (TPSA) is 55.3 Å². The van der Waals surface area contributed by atoms with Crippen molar-refractivity contribution >= 4 is 11.1 Å². The van der Waals surface area contributed by atoms with Crippen molar-refractivity contribution in [3.63, 3.8) is 0 Å². The van der Waals surface area contributed by atoms with E-state index in [0.717, 1.165) is 36.5 Å². The lowest BCUT2D eigenvalue weighted by Gasteiger charge is -2.31. The van der Waals surface area contributed by atoms with E-state index >= 15 is 0 Å². The summed E-state index contributed by atoms with van der Waals surface area (Å²) in [5.74, 6) is 0.786. The number of oxazole rings is 1. The second-order valence-electron chi connectivity index (χ2n) is 5.43. The van der Waals surface area contributed by atoms with Crippen LogP contribution >= 0.6 is 0 Å². The van der Waals surface area contributed by atoms with E-state index in [2.05, 4.69) is 28.1 Å². The molecule has 2 N–H and O–H groups in total. The third-order valence-corrected chi connectivity index (χ3v) is 4.07. The van der Waals surface area contributed by atoms with Crippen molar-refractivity contribution in [1.29, 1.82) is 0 Å². The van der Waals surface area contributed by atoms with Gasteiger partial charge in [0.05, 0.1) is 0 Å². The summed E-state index contributed by atoms with van der Waals surface area (Å²) in [7, 11) is 0. The van der Waals surface area contributed by atoms with Crippen LogP contribution in [0.25, 0.3) is 11.1 Å². The SMILES string of the molecule is NCCN1CCC(Cc2ccc3ncoc3c2)CC1. The van der Waals surface area contributed by atoms with Crippen LogP contribution in [0, 0.1) is 5.92 Å². The molecule has 0 bridgehead atoms. The monoisotopic (exact) mass is 259 g/mol. The Morgan fingerprint density at radius 3 is 2.95 bits per heavy atom. The van der Waals surface area contributed by atoms with Crippen molar-refractivity contribution in [3.05, 3.63) is 30.2 Å². The van der Waals surface area contributed by atoms with Gasteiger partial charge in [-0.15, -0.1) is 0 Å². The second kappa shape index (κ2) is 5.72. The molecular weight excluding hydrogens is 238 g/mol. The molecule has 0 radical (unpaired) electrons. The Morgan fingerprint density at radius 1 is 1.32 bits per heavy atom. The lowest BCUT2D eigenvalue weighted by atomic mass is 9.90. The molecule has 4 heteroatoms. The van der Waals surface area contributed by atoms with Gasteiger partial charge in [0.2, 0.25) is 0 Å². The summed E-state index contributed by atoms with van der Waals surface area (Å²) in [6.45, 7) is 4.18. The Hall–Kier alpha value is -1.39. The van der Waals surface area contributed by atoms with Gasteiger partial charge in [-0.05, 0) is 56.0 Å². The van der Waals surface area contributed by atoms with Gasteiger partial charge in [-0.2, -0.15) is 0 Å². The van der Waals surface area contributed by atoms with Crippen molar-refractivity contribution in [3.8, 4) is 0 Å². The first-order valence-electron chi connectivity index (χ1n) is 7.09. The highest BCUT2D eigenvalue weighted by atomic mass is 16.3. The molecular formula is C15H21N3O. The molecule has 1 aliphatic heterocycles.